The Morgan fingerprint density at radius 3 is 2.61 bits per heavy atom. The number of rotatable bonds is 1. The first-order valence-electron chi connectivity index (χ1n) is 6.44. The van der Waals surface area contributed by atoms with Crippen molar-refractivity contribution >= 4 is 6.09 Å². The summed E-state index contributed by atoms with van der Waals surface area (Å²) in [5.74, 6) is 0.341. The average molecular weight is 247 g/mol. The normalized spacial score (nSPS) is 22.4. The third-order valence-corrected chi connectivity index (χ3v) is 3.29. The summed E-state index contributed by atoms with van der Waals surface area (Å²) in [6.07, 6.45) is 0.559. The molecule has 0 heterocycles. The topological polar surface area (TPSA) is 38.3 Å². The van der Waals surface area contributed by atoms with E-state index in [9.17, 15) is 4.79 Å². The van der Waals surface area contributed by atoms with E-state index in [1.54, 1.807) is 0 Å². The summed E-state index contributed by atoms with van der Waals surface area (Å²) < 4.78 is 5.30. The van der Waals surface area contributed by atoms with Crippen molar-refractivity contribution in [1.82, 2.24) is 5.32 Å². The van der Waals surface area contributed by atoms with Crippen LogP contribution in [0.4, 0.5) is 4.79 Å². The van der Waals surface area contributed by atoms with Gasteiger partial charge in [0.2, 0.25) is 0 Å². The minimum absolute atomic E-state index is 0.136. The predicted molar refractivity (Wildman–Crippen MR) is 71.7 cm³/mol. The molecule has 18 heavy (non-hydrogen) atoms. The summed E-state index contributed by atoms with van der Waals surface area (Å²) in [6.45, 7) is 7.77. The highest BCUT2D eigenvalue weighted by atomic mass is 16.6. The lowest BCUT2D eigenvalue weighted by Crippen LogP contribution is -2.40. The zero-order valence-corrected chi connectivity index (χ0v) is 11.5. The van der Waals surface area contributed by atoms with Crippen LogP contribution in [0.15, 0.2) is 24.3 Å². The molecule has 0 radical (unpaired) electrons. The molecule has 0 unspecified atom stereocenters. The summed E-state index contributed by atoms with van der Waals surface area (Å²) in [5, 5.41) is 2.97. The van der Waals surface area contributed by atoms with Crippen molar-refractivity contribution in [2.45, 2.75) is 51.7 Å². The number of carbonyl (C=O) groups is 1. The van der Waals surface area contributed by atoms with Crippen molar-refractivity contribution in [1.29, 1.82) is 0 Å². The summed E-state index contributed by atoms with van der Waals surface area (Å²) >= 11 is 0. The molecule has 1 aromatic carbocycles. The molecular formula is C15H21NO2. The van der Waals surface area contributed by atoms with E-state index in [1.807, 2.05) is 32.9 Å². The monoisotopic (exact) mass is 247 g/mol. The number of carbonyl (C=O) groups excluding carboxylic acids is 1. The highest BCUT2D eigenvalue weighted by molar-refractivity contribution is 5.68. The Morgan fingerprint density at radius 1 is 1.33 bits per heavy atom. The van der Waals surface area contributed by atoms with Gasteiger partial charge in [0.25, 0.3) is 0 Å². The Morgan fingerprint density at radius 2 is 2.00 bits per heavy atom. The maximum absolute atomic E-state index is 11.8. The van der Waals surface area contributed by atoms with Crippen molar-refractivity contribution in [2.75, 3.05) is 0 Å². The van der Waals surface area contributed by atoms with E-state index in [-0.39, 0.29) is 12.1 Å². The number of hydrogen-bond acceptors (Lipinski definition) is 2. The van der Waals surface area contributed by atoms with E-state index in [4.69, 9.17) is 4.74 Å². The van der Waals surface area contributed by atoms with Crippen LogP contribution >= 0.6 is 0 Å². The van der Waals surface area contributed by atoms with Crippen LogP contribution in [-0.2, 0) is 11.2 Å². The van der Waals surface area contributed by atoms with Crippen LogP contribution < -0.4 is 5.32 Å². The first kappa shape index (κ1) is 12.9. The molecule has 3 nitrogen and oxygen atoms in total. The molecular weight excluding hydrogens is 226 g/mol. The van der Waals surface area contributed by atoms with E-state index in [2.05, 4.69) is 24.4 Å². The van der Waals surface area contributed by atoms with Crippen molar-refractivity contribution in [3.8, 4) is 0 Å². The fourth-order valence-electron chi connectivity index (χ4n) is 2.43. The largest absolute Gasteiger partial charge is 0.444 e. The summed E-state index contributed by atoms with van der Waals surface area (Å²) in [7, 11) is 0. The molecule has 0 saturated carbocycles. The number of amides is 1. The standard InChI is InChI=1S/C15H21NO2/c1-10-12-8-6-5-7-11(12)9-13(10)16-14(17)18-15(2,3)4/h5-8,10,13H,9H2,1-4H3,(H,16,17)/t10-,13-/m1/s1. The van der Waals surface area contributed by atoms with Gasteiger partial charge in [-0.1, -0.05) is 31.2 Å². The van der Waals surface area contributed by atoms with Crippen LogP contribution in [0.2, 0.25) is 0 Å². The van der Waals surface area contributed by atoms with Crippen molar-refractivity contribution in [3.05, 3.63) is 35.4 Å². The molecule has 2 atom stereocenters. The van der Waals surface area contributed by atoms with Gasteiger partial charge in [-0.05, 0) is 38.3 Å². The second kappa shape index (κ2) is 4.63. The number of benzene rings is 1. The van der Waals surface area contributed by atoms with Crippen LogP contribution in [0.1, 0.15) is 44.7 Å². The summed E-state index contributed by atoms with van der Waals surface area (Å²) in [6, 6.07) is 8.49. The third kappa shape index (κ3) is 2.84. The minimum atomic E-state index is -0.446. The van der Waals surface area contributed by atoms with Crippen molar-refractivity contribution in [3.63, 3.8) is 0 Å². The number of fused-ring (bicyclic) bond motifs is 1. The van der Waals surface area contributed by atoms with Gasteiger partial charge in [0.15, 0.2) is 0 Å². The maximum atomic E-state index is 11.8. The second-order valence-electron chi connectivity index (χ2n) is 5.94. The van der Waals surface area contributed by atoms with Gasteiger partial charge >= 0.3 is 6.09 Å². The third-order valence-electron chi connectivity index (χ3n) is 3.29. The zero-order valence-electron chi connectivity index (χ0n) is 11.5. The van der Waals surface area contributed by atoms with Crippen LogP contribution in [0, 0.1) is 0 Å². The predicted octanol–water partition coefficient (Wildman–Crippen LogP) is 3.24. The van der Waals surface area contributed by atoms with E-state index in [1.165, 1.54) is 11.1 Å². The Balaban J connectivity index is 2.00. The number of alkyl carbamates (subject to hydrolysis) is 1. The smallest absolute Gasteiger partial charge is 0.407 e. The Hall–Kier alpha value is -1.51. The van der Waals surface area contributed by atoms with E-state index >= 15 is 0 Å². The van der Waals surface area contributed by atoms with E-state index < -0.39 is 5.60 Å². The summed E-state index contributed by atoms with van der Waals surface area (Å²) in [5.41, 5.74) is 2.21. The highest BCUT2D eigenvalue weighted by Gasteiger charge is 2.31. The van der Waals surface area contributed by atoms with Crippen LogP contribution in [0.25, 0.3) is 0 Å². The molecule has 1 aromatic rings. The molecule has 0 fully saturated rings. The Bertz CT molecular complexity index is 448. The van der Waals surface area contributed by atoms with Crippen LogP contribution in [-0.4, -0.2) is 17.7 Å². The van der Waals surface area contributed by atoms with Gasteiger partial charge < -0.3 is 10.1 Å². The Labute approximate surface area is 109 Å². The SMILES string of the molecule is C[C@@H]1c2ccccc2C[C@H]1NC(=O)OC(C)(C)C. The molecule has 0 spiro atoms. The quantitative estimate of drug-likeness (QED) is 0.827. The fourth-order valence-corrected chi connectivity index (χ4v) is 2.43. The van der Waals surface area contributed by atoms with Crippen LogP contribution in [0.5, 0.6) is 0 Å². The molecule has 0 aliphatic heterocycles. The minimum Gasteiger partial charge on any atom is -0.444 e. The average Bonchev–Trinajstić information content (AvgIpc) is 2.54. The van der Waals surface area contributed by atoms with Gasteiger partial charge in [0, 0.05) is 12.0 Å². The van der Waals surface area contributed by atoms with Crippen LogP contribution in [0.3, 0.4) is 0 Å². The first-order chi connectivity index (χ1) is 8.37. The number of ether oxygens (including phenoxy) is 1. The van der Waals surface area contributed by atoms with Gasteiger partial charge in [0.05, 0.1) is 0 Å². The van der Waals surface area contributed by atoms with E-state index in [0.29, 0.717) is 5.92 Å². The zero-order chi connectivity index (χ0) is 13.3. The highest BCUT2D eigenvalue weighted by Crippen LogP contribution is 2.32. The molecule has 3 heteroatoms. The first-order valence-corrected chi connectivity index (χ1v) is 6.44. The van der Waals surface area contributed by atoms with Gasteiger partial charge in [0.1, 0.15) is 5.60 Å². The van der Waals surface area contributed by atoms with Crippen molar-refractivity contribution in [2.24, 2.45) is 0 Å². The molecule has 1 N–H and O–H groups in total. The van der Waals surface area contributed by atoms with Gasteiger partial charge in [-0.2, -0.15) is 0 Å². The van der Waals surface area contributed by atoms with Gasteiger partial charge in [-0.15, -0.1) is 0 Å². The summed E-state index contributed by atoms with van der Waals surface area (Å²) in [4.78, 5) is 11.8. The molecule has 1 amide bonds. The molecule has 1 aliphatic carbocycles. The maximum Gasteiger partial charge on any atom is 0.407 e. The van der Waals surface area contributed by atoms with E-state index in [0.717, 1.165) is 6.42 Å². The second-order valence-corrected chi connectivity index (χ2v) is 5.94. The lowest BCUT2D eigenvalue weighted by Gasteiger charge is -2.23. The number of nitrogens with one attached hydrogen (secondary N) is 1. The van der Waals surface area contributed by atoms with Gasteiger partial charge in [-0.3, -0.25) is 0 Å². The van der Waals surface area contributed by atoms with Crippen molar-refractivity contribution < 1.29 is 9.53 Å². The molecule has 1 aliphatic rings. The molecule has 0 bridgehead atoms. The van der Waals surface area contributed by atoms with Gasteiger partial charge in [-0.25, -0.2) is 4.79 Å². The number of hydrogen-bond donors (Lipinski definition) is 1. The lowest BCUT2D eigenvalue weighted by atomic mass is 10.0. The fraction of sp³-hybridized carbons (Fsp3) is 0.533. The molecule has 2 rings (SSSR count). The lowest BCUT2D eigenvalue weighted by molar-refractivity contribution is 0.0501. The Kier molecular flexibility index (Phi) is 3.33. The molecule has 0 aromatic heterocycles. The molecule has 98 valence electrons. The molecule has 0 saturated heterocycles.